The Bertz CT molecular complexity index is 1450. The Labute approximate surface area is 226 Å². The van der Waals surface area contributed by atoms with E-state index in [1.807, 2.05) is 55.5 Å². The van der Waals surface area contributed by atoms with Crippen LogP contribution in [-0.4, -0.2) is 40.6 Å². The maximum atomic E-state index is 11.9. The van der Waals surface area contributed by atoms with Crippen molar-refractivity contribution in [2.45, 2.75) is 19.8 Å². The van der Waals surface area contributed by atoms with E-state index in [4.69, 9.17) is 21.1 Å². The lowest BCUT2D eigenvalue weighted by atomic mass is 10.1. The lowest BCUT2D eigenvalue weighted by molar-refractivity contribution is -0.125. The van der Waals surface area contributed by atoms with Crippen LogP contribution in [0.4, 0.5) is 11.5 Å². The monoisotopic (exact) mass is 529 g/mol. The summed E-state index contributed by atoms with van der Waals surface area (Å²) < 4.78 is 11.3. The second kappa shape index (κ2) is 12.0. The van der Waals surface area contributed by atoms with Crippen LogP contribution in [0.3, 0.4) is 0 Å². The Hall–Kier alpha value is -4.01. The summed E-state index contributed by atoms with van der Waals surface area (Å²) in [5, 5.41) is 7.48. The molecule has 2 aromatic heterocycles. The van der Waals surface area contributed by atoms with E-state index >= 15 is 0 Å². The minimum Gasteiger partial charge on any atom is -0.454 e. The first-order valence-electron chi connectivity index (χ1n) is 12.5. The van der Waals surface area contributed by atoms with Crippen LogP contribution in [0.25, 0.3) is 17.0 Å². The maximum absolute atomic E-state index is 11.9. The van der Waals surface area contributed by atoms with Crippen molar-refractivity contribution in [3.05, 3.63) is 83.4 Å². The average molecular weight is 530 g/mol. The lowest BCUT2D eigenvalue weighted by Crippen LogP contribution is -2.27. The summed E-state index contributed by atoms with van der Waals surface area (Å²) in [6, 6.07) is 15.1. The molecule has 0 unspecified atom stereocenters. The van der Waals surface area contributed by atoms with E-state index in [2.05, 4.69) is 25.6 Å². The summed E-state index contributed by atoms with van der Waals surface area (Å²) in [6.07, 6.45) is 9.45. The standard InChI is InChI=1S/C29H28ClN5O3/c1-19-4-9-23(15-32-19)38-27-11-8-22(14-25(27)30)35-29-24-13-20(7-10-26(24)33-18-34-29)3-2-12-31-28(36)17-37-16-21-5-6-21/h2-4,7-11,13-15,18,21H,5-6,12,16-17H2,1H3,(H,31,36)(H,33,34,35)/b3-2+. The summed E-state index contributed by atoms with van der Waals surface area (Å²) in [7, 11) is 0. The van der Waals surface area contributed by atoms with E-state index < -0.39 is 0 Å². The molecule has 1 aliphatic rings. The number of nitrogens with one attached hydrogen (secondary N) is 2. The van der Waals surface area contributed by atoms with Gasteiger partial charge in [0, 0.05) is 23.3 Å². The minimum atomic E-state index is -0.112. The summed E-state index contributed by atoms with van der Waals surface area (Å²) >= 11 is 6.49. The van der Waals surface area contributed by atoms with Crippen LogP contribution >= 0.6 is 11.6 Å². The number of ether oxygens (including phenoxy) is 2. The van der Waals surface area contributed by atoms with Crippen molar-refractivity contribution >= 4 is 46.0 Å². The zero-order chi connectivity index (χ0) is 26.3. The Kier molecular flexibility index (Phi) is 8.11. The van der Waals surface area contributed by atoms with Crippen LogP contribution in [0, 0.1) is 12.8 Å². The molecule has 0 aliphatic heterocycles. The molecule has 9 heteroatoms. The van der Waals surface area contributed by atoms with E-state index in [9.17, 15) is 4.79 Å². The summed E-state index contributed by atoms with van der Waals surface area (Å²) in [5.74, 6) is 2.33. The fraction of sp³-hybridized carbons (Fsp3) is 0.241. The molecule has 0 atom stereocenters. The number of halogens is 1. The number of pyridine rings is 1. The van der Waals surface area contributed by atoms with Crippen molar-refractivity contribution in [3.63, 3.8) is 0 Å². The van der Waals surface area contributed by atoms with Crippen molar-refractivity contribution in [2.75, 3.05) is 25.1 Å². The number of carbonyl (C=O) groups excluding carboxylic acids is 1. The number of rotatable bonds is 11. The van der Waals surface area contributed by atoms with Crippen LogP contribution in [0.15, 0.2) is 67.1 Å². The first-order chi connectivity index (χ1) is 18.5. The SMILES string of the molecule is Cc1ccc(Oc2ccc(Nc3ncnc4ccc(/C=C/CNC(=O)COCC5CC5)cc34)cc2Cl)cn1. The average Bonchev–Trinajstić information content (AvgIpc) is 3.74. The van der Waals surface area contributed by atoms with Gasteiger partial charge in [-0.1, -0.05) is 29.8 Å². The highest BCUT2D eigenvalue weighted by atomic mass is 35.5. The summed E-state index contributed by atoms with van der Waals surface area (Å²) in [4.78, 5) is 24.9. The van der Waals surface area contributed by atoms with E-state index in [0.717, 1.165) is 27.8 Å². The van der Waals surface area contributed by atoms with Crippen LogP contribution in [0.1, 0.15) is 24.1 Å². The van der Waals surface area contributed by atoms with Crippen molar-refractivity contribution in [3.8, 4) is 11.5 Å². The van der Waals surface area contributed by atoms with Gasteiger partial charge < -0.3 is 20.1 Å². The van der Waals surface area contributed by atoms with Gasteiger partial charge in [0.2, 0.25) is 5.91 Å². The molecule has 0 bridgehead atoms. The predicted molar refractivity (Wildman–Crippen MR) is 149 cm³/mol. The number of anilines is 2. The van der Waals surface area contributed by atoms with Gasteiger partial charge in [-0.05, 0) is 73.7 Å². The highest BCUT2D eigenvalue weighted by Crippen LogP contribution is 2.33. The first kappa shape index (κ1) is 25.6. The molecule has 8 nitrogen and oxygen atoms in total. The fourth-order valence-electron chi connectivity index (χ4n) is 3.74. The third-order valence-electron chi connectivity index (χ3n) is 5.98. The highest BCUT2D eigenvalue weighted by molar-refractivity contribution is 6.32. The third kappa shape index (κ3) is 7.06. The van der Waals surface area contributed by atoms with Gasteiger partial charge in [-0.25, -0.2) is 9.97 Å². The van der Waals surface area contributed by atoms with Crippen LogP contribution in [-0.2, 0) is 9.53 Å². The number of aromatic nitrogens is 3. The van der Waals surface area contributed by atoms with Gasteiger partial charge >= 0.3 is 0 Å². The van der Waals surface area contributed by atoms with Crippen molar-refractivity contribution in [1.29, 1.82) is 0 Å². The second-order valence-electron chi connectivity index (χ2n) is 9.17. The molecular formula is C29H28ClN5O3. The Morgan fingerprint density at radius 1 is 1.11 bits per heavy atom. The summed E-state index contributed by atoms with van der Waals surface area (Å²) in [5.41, 5.74) is 3.44. The molecule has 1 fully saturated rings. The minimum absolute atomic E-state index is 0.104. The van der Waals surface area contributed by atoms with E-state index in [1.54, 1.807) is 18.3 Å². The second-order valence-corrected chi connectivity index (χ2v) is 9.58. The Morgan fingerprint density at radius 2 is 2.00 bits per heavy atom. The molecule has 2 aromatic carbocycles. The maximum Gasteiger partial charge on any atom is 0.246 e. The van der Waals surface area contributed by atoms with Gasteiger partial charge in [0.15, 0.2) is 0 Å². The Morgan fingerprint density at radius 3 is 2.79 bits per heavy atom. The zero-order valence-corrected chi connectivity index (χ0v) is 21.7. The van der Waals surface area contributed by atoms with Gasteiger partial charge in [-0.15, -0.1) is 0 Å². The van der Waals surface area contributed by atoms with E-state index in [1.165, 1.54) is 19.2 Å². The molecule has 2 heterocycles. The molecule has 0 radical (unpaired) electrons. The molecule has 2 N–H and O–H groups in total. The number of aryl methyl sites for hydroxylation is 1. The van der Waals surface area contributed by atoms with E-state index in [-0.39, 0.29) is 12.5 Å². The fourth-order valence-corrected chi connectivity index (χ4v) is 3.96. The van der Waals surface area contributed by atoms with Crippen molar-refractivity contribution < 1.29 is 14.3 Å². The molecule has 194 valence electrons. The van der Waals surface area contributed by atoms with Crippen molar-refractivity contribution in [2.24, 2.45) is 5.92 Å². The largest absolute Gasteiger partial charge is 0.454 e. The number of carbonyl (C=O) groups is 1. The number of hydrogen-bond donors (Lipinski definition) is 2. The predicted octanol–water partition coefficient (Wildman–Crippen LogP) is 6.08. The smallest absolute Gasteiger partial charge is 0.246 e. The number of benzene rings is 2. The number of nitrogens with zero attached hydrogens (tertiary/aromatic N) is 3. The Balaban J connectivity index is 1.22. The van der Waals surface area contributed by atoms with Gasteiger partial charge in [0.05, 0.1) is 23.3 Å². The number of amides is 1. The lowest BCUT2D eigenvalue weighted by Gasteiger charge is -2.12. The molecule has 0 spiro atoms. The molecule has 1 saturated carbocycles. The molecule has 38 heavy (non-hydrogen) atoms. The molecule has 1 aliphatic carbocycles. The van der Waals surface area contributed by atoms with Gasteiger partial charge in [0.25, 0.3) is 0 Å². The highest BCUT2D eigenvalue weighted by Gasteiger charge is 2.21. The van der Waals surface area contributed by atoms with Crippen LogP contribution in [0.5, 0.6) is 11.5 Å². The van der Waals surface area contributed by atoms with E-state index in [0.29, 0.717) is 41.4 Å². The molecule has 5 rings (SSSR count). The van der Waals surface area contributed by atoms with Gasteiger partial charge in [-0.3, -0.25) is 9.78 Å². The molecule has 1 amide bonds. The molecule has 4 aromatic rings. The van der Waals surface area contributed by atoms with Crippen LogP contribution in [0.2, 0.25) is 5.02 Å². The number of hydrogen-bond acceptors (Lipinski definition) is 7. The van der Waals surface area contributed by atoms with Crippen molar-refractivity contribution in [1.82, 2.24) is 20.3 Å². The topological polar surface area (TPSA) is 98.3 Å². The first-order valence-corrected chi connectivity index (χ1v) is 12.8. The van der Waals surface area contributed by atoms with Gasteiger partial charge in [-0.2, -0.15) is 0 Å². The van der Waals surface area contributed by atoms with Crippen LogP contribution < -0.4 is 15.4 Å². The quantitative estimate of drug-likeness (QED) is 0.243. The molecular weight excluding hydrogens is 502 g/mol. The molecule has 0 saturated heterocycles. The third-order valence-corrected chi connectivity index (χ3v) is 6.27. The normalized spacial score (nSPS) is 13.1. The van der Waals surface area contributed by atoms with Gasteiger partial charge in [0.1, 0.15) is 30.3 Å². The summed E-state index contributed by atoms with van der Waals surface area (Å²) in [6.45, 7) is 3.12. The number of fused-ring (bicyclic) bond motifs is 1. The zero-order valence-electron chi connectivity index (χ0n) is 21.0.